The van der Waals surface area contributed by atoms with E-state index in [4.69, 9.17) is 0 Å². The van der Waals surface area contributed by atoms with E-state index in [2.05, 4.69) is 10.3 Å². The molecule has 0 spiro atoms. The molecule has 4 aromatic rings. The van der Waals surface area contributed by atoms with Gasteiger partial charge in [-0.15, -0.1) is 0 Å². The second-order valence-corrected chi connectivity index (χ2v) is 8.37. The number of carbonyl (C=O) groups is 1. The number of anilines is 1. The monoisotopic (exact) mass is 391 g/mol. The summed E-state index contributed by atoms with van der Waals surface area (Å²) in [6, 6.07) is 21.1. The zero-order chi connectivity index (χ0) is 19.7. The maximum Gasteiger partial charge on any atom is 0.256 e. The molecule has 4 rings (SSSR count). The average molecular weight is 391 g/mol. The highest BCUT2D eigenvalue weighted by Crippen LogP contribution is 2.29. The predicted molar refractivity (Wildman–Crippen MR) is 108 cm³/mol. The van der Waals surface area contributed by atoms with E-state index in [0.717, 1.165) is 11.8 Å². The molecule has 6 nitrogen and oxygen atoms in total. The number of nitrogens with one attached hydrogen (secondary N) is 1. The quantitative estimate of drug-likeness (QED) is 0.576. The molecule has 0 unspecified atom stereocenters. The second kappa shape index (κ2) is 6.94. The Balaban J connectivity index is 1.79. The fourth-order valence-corrected chi connectivity index (χ4v) is 3.63. The van der Waals surface area contributed by atoms with Gasteiger partial charge in [0.15, 0.2) is 9.84 Å². The first-order valence-corrected chi connectivity index (χ1v) is 10.5. The van der Waals surface area contributed by atoms with Gasteiger partial charge in [-0.05, 0) is 30.3 Å². The summed E-state index contributed by atoms with van der Waals surface area (Å²) in [5, 5.41) is 2.89. The van der Waals surface area contributed by atoms with Gasteiger partial charge in [0.25, 0.3) is 5.91 Å². The van der Waals surface area contributed by atoms with E-state index < -0.39 is 15.7 Å². The molecule has 0 radical (unpaired) electrons. The third-order valence-corrected chi connectivity index (χ3v) is 5.44. The minimum Gasteiger partial charge on any atom is -0.306 e. The SMILES string of the molecule is CS(=O)(=O)c1cccc(C(=O)Nc2c(-c3ccccc3)nc3ccccn23)c1. The van der Waals surface area contributed by atoms with Crippen LogP contribution >= 0.6 is 0 Å². The van der Waals surface area contributed by atoms with Gasteiger partial charge in [-0.2, -0.15) is 0 Å². The fourth-order valence-electron chi connectivity index (χ4n) is 2.96. The van der Waals surface area contributed by atoms with Crippen LogP contribution in [0.15, 0.2) is 83.9 Å². The Labute approximate surface area is 162 Å². The number of aromatic nitrogens is 2. The minimum atomic E-state index is -3.40. The lowest BCUT2D eigenvalue weighted by molar-refractivity contribution is 0.102. The summed E-state index contributed by atoms with van der Waals surface area (Å²) < 4.78 is 25.4. The Morgan fingerprint density at radius 1 is 0.964 bits per heavy atom. The highest BCUT2D eigenvalue weighted by atomic mass is 32.2. The summed E-state index contributed by atoms with van der Waals surface area (Å²) in [5.41, 5.74) is 2.46. The van der Waals surface area contributed by atoms with Crippen molar-refractivity contribution >= 4 is 27.2 Å². The normalized spacial score (nSPS) is 11.5. The lowest BCUT2D eigenvalue weighted by Gasteiger charge is -2.09. The molecule has 1 N–H and O–H groups in total. The lowest BCUT2D eigenvalue weighted by atomic mass is 10.1. The van der Waals surface area contributed by atoms with Gasteiger partial charge >= 0.3 is 0 Å². The average Bonchev–Trinajstić information content (AvgIpc) is 3.07. The molecule has 2 aromatic heterocycles. The Morgan fingerprint density at radius 3 is 2.46 bits per heavy atom. The maximum atomic E-state index is 12.9. The summed E-state index contributed by atoms with van der Waals surface area (Å²) in [7, 11) is -3.40. The van der Waals surface area contributed by atoms with E-state index in [-0.39, 0.29) is 10.5 Å². The van der Waals surface area contributed by atoms with Crippen LogP contribution in [0.2, 0.25) is 0 Å². The molecule has 0 aliphatic heterocycles. The van der Waals surface area contributed by atoms with Gasteiger partial charge in [-0.3, -0.25) is 9.20 Å². The van der Waals surface area contributed by atoms with E-state index in [1.54, 1.807) is 16.5 Å². The number of rotatable bonds is 4. The summed E-state index contributed by atoms with van der Waals surface area (Å²) in [5.74, 6) is 0.116. The molecule has 7 heteroatoms. The molecule has 0 fully saturated rings. The predicted octanol–water partition coefficient (Wildman–Crippen LogP) is 3.66. The van der Waals surface area contributed by atoms with Crippen molar-refractivity contribution in [3.8, 4) is 11.3 Å². The number of hydrogen-bond donors (Lipinski definition) is 1. The molecule has 0 aliphatic carbocycles. The van der Waals surface area contributed by atoms with Gasteiger partial charge < -0.3 is 5.32 Å². The van der Waals surface area contributed by atoms with Crippen molar-refractivity contribution < 1.29 is 13.2 Å². The molecule has 140 valence electrons. The van der Waals surface area contributed by atoms with Crippen LogP contribution < -0.4 is 5.32 Å². The molecule has 28 heavy (non-hydrogen) atoms. The third-order valence-electron chi connectivity index (χ3n) is 4.33. The molecule has 2 heterocycles. The molecule has 0 bridgehead atoms. The first-order chi connectivity index (χ1) is 13.4. The molecule has 0 saturated carbocycles. The van der Waals surface area contributed by atoms with Gasteiger partial charge in [0.05, 0.1) is 4.90 Å². The number of amides is 1. The van der Waals surface area contributed by atoms with Crippen LogP contribution in [0, 0.1) is 0 Å². The second-order valence-electron chi connectivity index (χ2n) is 6.36. The Bertz CT molecular complexity index is 1280. The number of fused-ring (bicyclic) bond motifs is 1. The van der Waals surface area contributed by atoms with Crippen LogP contribution in [0.4, 0.5) is 5.82 Å². The first-order valence-electron chi connectivity index (χ1n) is 8.57. The maximum absolute atomic E-state index is 12.9. The van der Waals surface area contributed by atoms with Crippen LogP contribution in [-0.2, 0) is 9.84 Å². The number of imidazole rings is 1. The topological polar surface area (TPSA) is 80.5 Å². The molecule has 0 saturated heterocycles. The smallest absolute Gasteiger partial charge is 0.256 e. The van der Waals surface area contributed by atoms with Crippen LogP contribution in [0.3, 0.4) is 0 Å². The van der Waals surface area contributed by atoms with E-state index in [9.17, 15) is 13.2 Å². The molecule has 0 aliphatic rings. The molecule has 2 aromatic carbocycles. The summed E-state index contributed by atoms with van der Waals surface area (Å²) >= 11 is 0. The number of nitrogens with zero attached hydrogens (tertiary/aromatic N) is 2. The standard InChI is InChI=1S/C21H17N3O3S/c1-28(26,27)17-11-7-10-16(14-17)21(25)23-20-19(15-8-3-2-4-9-15)22-18-12-5-6-13-24(18)20/h2-14H,1H3,(H,23,25). The van der Waals surface area contributed by atoms with E-state index in [0.29, 0.717) is 17.2 Å². The van der Waals surface area contributed by atoms with Gasteiger partial charge in [0.2, 0.25) is 0 Å². The van der Waals surface area contributed by atoms with Crippen LogP contribution in [0.1, 0.15) is 10.4 Å². The largest absolute Gasteiger partial charge is 0.306 e. The number of benzene rings is 2. The van der Waals surface area contributed by atoms with Crippen molar-refractivity contribution in [2.45, 2.75) is 4.90 Å². The van der Waals surface area contributed by atoms with Gasteiger partial charge in [0.1, 0.15) is 17.2 Å². The van der Waals surface area contributed by atoms with Crippen LogP contribution in [-0.4, -0.2) is 30.0 Å². The summed E-state index contributed by atoms with van der Waals surface area (Å²) in [6.45, 7) is 0. The molecular weight excluding hydrogens is 374 g/mol. The third kappa shape index (κ3) is 3.39. The van der Waals surface area contributed by atoms with Crippen LogP contribution in [0.5, 0.6) is 0 Å². The minimum absolute atomic E-state index is 0.0987. The number of sulfone groups is 1. The zero-order valence-corrected chi connectivity index (χ0v) is 15.8. The zero-order valence-electron chi connectivity index (χ0n) is 15.0. The summed E-state index contributed by atoms with van der Waals surface area (Å²) in [4.78, 5) is 17.6. The van der Waals surface area contributed by atoms with Crippen molar-refractivity contribution in [2.24, 2.45) is 0 Å². The van der Waals surface area contributed by atoms with E-state index >= 15 is 0 Å². The fraction of sp³-hybridized carbons (Fsp3) is 0.0476. The number of pyridine rings is 1. The highest BCUT2D eigenvalue weighted by Gasteiger charge is 2.18. The Kier molecular flexibility index (Phi) is 4.44. The van der Waals surface area contributed by atoms with Gasteiger partial charge in [0, 0.05) is 23.6 Å². The van der Waals surface area contributed by atoms with Crippen molar-refractivity contribution in [1.29, 1.82) is 0 Å². The molecule has 1 amide bonds. The number of carbonyl (C=O) groups excluding carboxylic acids is 1. The summed E-state index contributed by atoms with van der Waals surface area (Å²) in [6.07, 6.45) is 2.93. The van der Waals surface area contributed by atoms with Crippen molar-refractivity contribution in [3.63, 3.8) is 0 Å². The lowest BCUT2D eigenvalue weighted by Crippen LogP contribution is -2.14. The van der Waals surface area contributed by atoms with Gasteiger partial charge in [-0.1, -0.05) is 42.5 Å². The van der Waals surface area contributed by atoms with Crippen molar-refractivity contribution in [3.05, 3.63) is 84.6 Å². The molecular formula is C21H17N3O3S. The van der Waals surface area contributed by atoms with Crippen molar-refractivity contribution in [1.82, 2.24) is 9.38 Å². The number of hydrogen-bond acceptors (Lipinski definition) is 4. The first kappa shape index (κ1) is 17.9. The van der Waals surface area contributed by atoms with Gasteiger partial charge in [-0.25, -0.2) is 13.4 Å². The Hall–Kier alpha value is -3.45. The van der Waals surface area contributed by atoms with Crippen LogP contribution in [0.25, 0.3) is 16.9 Å². The molecule has 0 atom stereocenters. The van der Waals surface area contributed by atoms with E-state index in [1.165, 1.54) is 12.1 Å². The highest BCUT2D eigenvalue weighted by molar-refractivity contribution is 7.90. The van der Waals surface area contributed by atoms with E-state index in [1.807, 2.05) is 54.7 Å². The Morgan fingerprint density at radius 2 is 1.71 bits per heavy atom. The van der Waals surface area contributed by atoms with Crippen molar-refractivity contribution in [2.75, 3.05) is 11.6 Å².